The first-order valence-electron chi connectivity index (χ1n) is 11.4. The van der Waals surface area contributed by atoms with Gasteiger partial charge in [0.15, 0.2) is 6.20 Å². The van der Waals surface area contributed by atoms with Crippen molar-refractivity contribution in [3.05, 3.63) is 91.8 Å². The van der Waals surface area contributed by atoms with E-state index in [-0.39, 0.29) is 24.3 Å². The number of hydrogen-bond donors (Lipinski definition) is 0. The van der Waals surface area contributed by atoms with Crippen LogP contribution in [0.4, 0.5) is 19.0 Å². The van der Waals surface area contributed by atoms with E-state index in [9.17, 15) is 23.3 Å². The highest BCUT2D eigenvalue weighted by molar-refractivity contribution is 9.10. The summed E-state index contributed by atoms with van der Waals surface area (Å²) in [6.07, 6.45) is 4.63. The Balaban J connectivity index is 1.47. The fourth-order valence-electron chi connectivity index (χ4n) is 3.94. The topological polar surface area (TPSA) is 101 Å². The number of nitro groups is 1. The number of rotatable bonds is 10. The van der Waals surface area contributed by atoms with Crippen molar-refractivity contribution < 1.29 is 22.8 Å². The molecule has 1 aliphatic carbocycles. The number of pyridine rings is 1. The number of benzene rings is 1. The van der Waals surface area contributed by atoms with Gasteiger partial charge in [0.05, 0.1) is 16.4 Å². The van der Waals surface area contributed by atoms with Gasteiger partial charge in [-0.15, -0.1) is 0 Å². The van der Waals surface area contributed by atoms with Gasteiger partial charge in [0.2, 0.25) is 5.75 Å². The molecule has 3 heterocycles. The third-order valence-corrected chi connectivity index (χ3v) is 6.30. The molecule has 0 spiro atoms. The summed E-state index contributed by atoms with van der Waals surface area (Å²) in [7, 11) is 0. The van der Waals surface area contributed by atoms with Crippen LogP contribution in [0.1, 0.15) is 41.8 Å². The molecular weight excluding hydrogens is 557 g/mol. The van der Waals surface area contributed by atoms with Gasteiger partial charge >= 0.3 is 5.82 Å². The smallest absolute Gasteiger partial charge is 0.406 e. The van der Waals surface area contributed by atoms with Crippen molar-refractivity contribution >= 4 is 21.7 Å². The number of halogens is 4. The van der Waals surface area contributed by atoms with Crippen LogP contribution >= 0.6 is 15.9 Å². The van der Waals surface area contributed by atoms with E-state index in [0.717, 1.165) is 12.1 Å². The first-order chi connectivity index (χ1) is 17.8. The summed E-state index contributed by atoms with van der Waals surface area (Å²) in [4.78, 5) is 14.4. The molecule has 0 amide bonds. The number of nitrogens with zero attached hydrogens (tertiary/aromatic N) is 6. The summed E-state index contributed by atoms with van der Waals surface area (Å²) in [5.41, 5.74) is 1.40. The Morgan fingerprint density at radius 3 is 2.76 bits per heavy atom. The molecule has 192 valence electrons. The molecule has 13 heteroatoms. The number of aromatic nitrogens is 5. The Bertz CT molecular complexity index is 1450. The van der Waals surface area contributed by atoms with E-state index in [1.165, 1.54) is 54.1 Å². The highest BCUT2D eigenvalue weighted by atomic mass is 79.9. The van der Waals surface area contributed by atoms with Gasteiger partial charge in [-0.25, -0.2) is 17.9 Å². The molecule has 4 aromatic rings. The van der Waals surface area contributed by atoms with Gasteiger partial charge in [-0.2, -0.15) is 10.2 Å². The van der Waals surface area contributed by atoms with Gasteiger partial charge in [0.1, 0.15) is 18.1 Å². The maximum Gasteiger partial charge on any atom is 0.406 e. The Kier molecular flexibility index (Phi) is 6.96. The summed E-state index contributed by atoms with van der Waals surface area (Å²) in [6, 6.07) is 6.44. The predicted molar refractivity (Wildman–Crippen MR) is 129 cm³/mol. The summed E-state index contributed by atoms with van der Waals surface area (Å²) >= 11 is 3.19. The normalized spacial score (nSPS) is 13.3. The predicted octanol–water partition coefficient (Wildman–Crippen LogP) is 5.79. The SMILES string of the molecule is O=[N+]([O-])c1ncc(Br)cc1OCc1cc(F)ccc1-n1nc(C(F)F)cc1Cc1cnn(CC2CC2)c1. The van der Waals surface area contributed by atoms with Crippen molar-refractivity contribution in [2.45, 2.75) is 38.8 Å². The fraction of sp³-hybridized carbons (Fsp3) is 0.292. The highest BCUT2D eigenvalue weighted by Crippen LogP contribution is 2.31. The van der Waals surface area contributed by atoms with Crippen molar-refractivity contribution in [3.8, 4) is 11.4 Å². The van der Waals surface area contributed by atoms with Gasteiger partial charge in [-0.3, -0.25) is 4.68 Å². The lowest BCUT2D eigenvalue weighted by Gasteiger charge is -2.14. The Hall–Kier alpha value is -3.74. The summed E-state index contributed by atoms with van der Waals surface area (Å²) in [5.74, 6) is -0.606. The molecule has 0 saturated heterocycles. The lowest BCUT2D eigenvalue weighted by Crippen LogP contribution is -2.09. The molecule has 0 atom stereocenters. The maximum absolute atomic E-state index is 14.2. The number of ether oxygens (including phenoxy) is 1. The molecule has 1 saturated carbocycles. The van der Waals surface area contributed by atoms with Crippen molar-refractivity contribution in [2.24, 2.45) is 5.92 Å². The Labute approximate surface area is 217 Å². The largest absolute Gasteiger partial charge is 0.481 e. The molecule has 5 rings (SSSR count). The molecule has 0 radical (unpaired) electrons. The lowest BCUT2D eigenvalue weighted by molar-refractivity contribution is -0.390. The second kappa shape index (κ2) is 10.3. The van der Waals surface area contributed by atoms with Crippen LogP contribution in [0.2, 0.25) is 0 Å². The van der Waals surface area contributed by atoms with Gasteiger partial charge in [-0.05, 0) is 74.4 Å². The molecule has 37 heavy (non-hydrogen) atoms. The molecular formula is C24H20BrF3N6O3. The number of hydrogen-bond acceptors (Lipinski definition) is 6. The van der Waals surface area contributed by atoms with E-state index in [2.05, 4.69) is 31.1 Å². The zero-order valence-corrected chi connectivity index (χ0v) is 20.8. The van der Waals surface area contributed by atoms with Crippen molar-refractivity contribution in [3.63, 3.8) is 0 Å². The minimum Gasteiger partial charge on any atom is -0.481 e. The van der Waals surface area contributed by atoms with Crippen LogP contribution in [0.15, 0.2) is 53.4 Å². The van der Waals surface area contributed by atoms with Gasteiger partial charge < -0.3 is 14.9 Å². The lowest BCUT2D eigenvalue weighted by atomic mass is 10.1. The molecule has 0 N–H and O–H groups in total. The molecule has 1 aromatic carbocycles. The van der Waals surface area contributed by atoms with E-state index >= 15 is 0 Å². The fourth-order valence-corrected chi connectivity index (χ4v) is 4.25. The van der Waals surface area contributed by atoms with E-state index in [1.54, 1.807) is 6.20 Å². The summed E-state index contributed by atoms with van der Waals surface area (Å²) < 4.78 is 50.7. The van der Waals surface area contributed by atoms with E-state index in [4.69, 9.17) is 4.74 Å². The first-order valence-corrected chi connectivity index (χ1v) is 12.2. The van der Waals surface area contributed by atoms with Gasteiger partial charge in [0.25, 0.3) is 6.43 Å². The monoisotopic (exact) mass is 576 g/mol. The number of alkyl halides is 2. The molecule has 0 unspecified atom stereocenters. The Morgan fingerprint density at radius 1 is 1.22 bits per heavy atom. The second-order valence-corrected chi connectivity index (χ2v) is 9.67. The second-order valence-electron chi connectivity index (χ2n) is 8.76. The van der Waals surface area contributed by atoms with Gasteiger partial charge in [-0.1, -0.05) is 0 Å². The molecule has 9 nitrogen and oxygen atoms in total. The molecule has 3 aromatic heterocycles. The quantitative estimate of drug-likeness (QED) is 0.175. The zero-order chi connectivity index (χ0) is 26.1. The third-order valence-electron chi connectivity index (χ3n) is 5.87. The van der Waals surface area contributed by atoms with Crippen molar-refractivity contribution in [2.75, 3.05) is 0 Å². The summed E-state index contributed by atoms with van der Waals surface area (Å²) in [6.45, 7) is 0.520. The van der Waals surface area contributed by atoms with E-state index in [0.29, 0.717) is 21.8 Å². The first kappa shape index (κ1) is 24.9. The van der Waals surface area contributed by atoms with Crippen LogP contribution < -0.4 is 4.74 Å². The highest BCUT2D eigenvalue weighted by Gasteiger charge is 2.23. The molecule has 1 aliphatic rings. The van der Waals surface area contributed by atoms with Crippen molar-refractivity contribution in [1.29, 1.82) is 0 Å². The van der Waals surface area contributed by atoms with Crippen LogP contribution in [0.25, 0.3) is 5.69 Å². The summed E-state index contributed by atoms with van der Waals surface area (Å²) in [5, 5.41) is 19.8. The van der Waals surface area contributed by atoms with Crippen molar-refractivity contribution in [1.82, 2.24) is 24.5 Å². The van der Waals surface area contributed by atoms with Gasteiger partial charge in [0, 0.05) is 36.5 Å². The standard InChI is InChI=1S/C24H20BrF3N6O3/c25-17-7-22(24(29-10-17)34(35)36)37-13-16-6-18(26)3-4-21(16)33-19(8-20(31-33)23(27)28)5-15-9-30-32(12-15)11-14-1-2-14/h3-4,6-10,12,14,23H,1-2,5,11,13H2. The minimum atomic E-state index is -2.81. The van der Waals surface area contributed by atoms with Crippen LogP contribution in [-0.2, 0) is 19.6 Å². The Morgan fingerprint density at radius 2 is 2.03 bits per heavy atom. The third kappa shape index (κ3) is 5.82. The van der Waals surface area contributed by atoms with Crippen LogP contribution in [-0.4, -0.2) is 29.5 Å². The molecule has 0 aliphatic heterocycles. The van der Waals surface area contributed by atoms with E-state index in [1.807, 2.05) is 10.9 Å². The van der Waals surface area contributed by atoms with E-state index < -0.39 is 28.7 Å². The maximum atomic E-state index is 14.2. The minimum absolute atomic E-state index is 0.133. The zero-order valence-electron chi connectivity index (χ0n) is 19.2. The molecule has 1 fully saturated rings. The average Bonchev–Trinajstić information content (AvgIpc) is 3.39. The molecule has 0 bridgehead atoms. The van der Waals surface area contributed by atoms with Crippen LogP contribution in [0.5, 0.6) is 5.75 Å². The van der Waals surface area contributed by atoms with Crippen LogP contribution in [0.3, 0.4) is 0 Å². The van der Waals surface area contributed by atoms with Crippen LogP contribution in [0, 0.1) is 21.8 Å². The average molecular weight is 577 g/mol.